The van der Waals surface area contributed by atoms with E-state index in [4.69, 9.17) is 4.74 Å². The minimum Gasteiger partial charge on any atom is -0.396 e. The van der Waals surface area contributed by atoms with Gasteiger partial charge < -0.3 is 15.2 Å². The van der Waals surface area contributed by atoms with Crippen LogP contribution in [-0.2, 0) is 4.74 Å². The Kier molecular flexibility index (Phi) is 4.84. The normalized spacial score (nSPS) is 19.6. The molecular formula is C15H23N5O2. The van der Waals surface area contributed by atoms with E-state index in [9.17, 15) is 5.11 Å². The maximum atomic E-state index is 9.24. The van der Waals surface area contributed by atoms with E-state index in [-0.39, 0.29) is 12.8 Å². The summed E-state index contributed by atoms with van der Waals surface area (Å²) in [6.45, 7) is 3.87. The van der Waals surface area contributed by atoms with Crippen LogP contribution in [0.1, 0.15) is 38.8 Å². The van der Waals surface area contributed by atoms with E-state index in [1.54, 1.807) is 12.7 Å². The predicted molar refractivity (Wildman–Crippen MR) is 83.5 cm³/mol. The quantitative estimate of drug-likeness (QED) is 0.813. The average Bonchev–Trinajstić information content (AvgIpc) is 3.20. The molecule has 22 heavy (non-hydrogen) atoms. The highest BCUT2D eigenvalue weighted by atomic mass is 16.5. The molecule has 2 N–H and O–H groups in total. The molecule has 1 aliphatic heterocycles. The first-order valence-electron chi connectivity index (χ1n) is 7.97. The molecule has 7 heteroatoms. The van der Waals surface area contributed by atoms with Crippen LogP contribution in [0.5, 0.6) is 0 Å². The highest BCUT2D eigenvalue weighted by Gasteiger charge is 2.21. The molecule has 120 valence electrons. The molecule has 1 fully saturated rings. The third kappa shape index (κ3) is 3.05. The van der Waals surface area contributed by atoms with Crippen molar-refractivity contribution >= 4 is 17.0 Å². The number of imidazole rings is 1. The molecule has 3 heterocycles. The standard InChI is InChI=1S/C15H23N5O2/c1-2-11(8-21)5-6-16-14-13-15(18-9-17-14)20(10-19-13)12-4-3-7-22-12/h9-12,21H,2-8H2,1H3,(H,16,17,18). The second-order valence-corrected chi connectivity index (χ2v) is 5.69. The smallest absolute Gasteiger partial charge is 0.167 e. The van der Waals surface area contributed by atoms with E-state index >= 15 is 0 Å². The Balaban J connectivity index is 1.73. The van der Waals surface area contributed by atoms with Crippen molar-refractivity contribution in [3.05, 3.63) is 12.7 Å². The number of anilines is 1. The molecule has 2 aromatic rings. The van der Waals surface area contributed by atoms with Crippen molar-refractivity contribution in [3.8, 4) is 0 Å². The Bertz CT molecular complexity index is 605. The topological polar surface area (TPSA) is 85.1 Å². The largest absolute Gasteiger partial charge is 0.396 e. The molecular weight excluding hydrogens is 282 g/mol. The molecule has 0 radical (unpaired) electrons. The molecule has 0 amide bonds. The maximum absolute atomic E-state index is 9.24. The van der Waals surface area contributed by atoms with Crippen LogP contribution in [0.2, 0.25) is 0 Å². The van der Waals surface area contributed by atoms with Gasteiger partial charge in [-0.3, -0.25) is 4.57 Å². The maximum Gasteiger partial charge on any atom is 0.167 e. The van der Waals surface area contributed by atoms with E-state index in [1.165, 1.54) is 0 Å². The molecule has 2 aromatic heterocycles. The second kappa shape index (κ2) is 7.02. The van der Waals surface area contributed by atoms with E-state index in [1.807, 2.05) is 4.57 Å². The van der Waals surface area contributed by atoms with Crippen LogP contribution in [0.25, 0.3) is 11.2 Å². The SMILES string of the molecule is CCC(CO)CCNc1ncnc2c1ncn2C1CCCO1. The number of ether oxygens (including phenoxy) is 1. The summed E-state index contributed by atoms with van der Waals surface area (Å²) in [5, 5.41) is 12.5. The zero-order valence-electron chi connectivity index (χ0n) is 12.9. The van der Waals surface area contributed by atoms with Gasteiger partial charge in [0.25, 0.3) is 0 Å². The first kappa shape index (κ1) is 15.2. The van der Waals surface area contributed by atoms with Crippen molar-refractivity contribution in [1.29, 1.82) is 0 Å². The van der Waals surface area contributed by atoms with Crippen LogP contribution in [0.15, 0.2) is 12.7 Å². The number of nitrogens with zero attached hydrogens (tertiary/aromatic N) is 4. The summed E-state index contributed by atoms with van der Waals surface area (Å²) >= 11 is 0. The second-order valence-electron chi connectivity index (χ2n) is 5.69. The summed E-state index contributed by atoms with van der Waals surface area (Å²) in [6, 6.07) is 0. The number of aliphatic hydroxyl groups is 1. The molecule has 1 saturated heterocycles. The van der Waals surface area contributed by atoms with E-state index in [2.05, 4.69) is 27.2 Å². The number of rotatable bonds is 7. The van der Waals surface area contributed by atoms with Crippen LogP contribution in [-0.4, -0.2) is 44.4 Å². The van der Waals surface area contributed by atoms with Gasteiger partial charge in [0.1, 0.15) is 12.6 Å². The van der Waals surface area contributed by atoms with Gasteiger partial charge in [0.05, 0.1) is 6.33 Å². The van der Waals surface area contributed by atoms with Gasteiger partial charge in [-0.1, -0.05) is 13.3 Å². The fourth-order valence-electron chi connectivity index (χ4n) is 2.79. The molecule has 0 bridgehead atoms. The Morgan fingerprint density at radius 3 is 3.09 bits per heavy atom. The summed E-state index contributed by atoms with van der Waals surface area (Å²) < 4.78 is 7.69. The van der Waals surface area contributed by atoms with Gasteiger partial charge in [0.2, 0.25) is 0 Å². The zero-order valence-corrected chi connectivity index (χ0v) is 12.9. The lowest BCUT2D eigenvalue weighted by atomic mass is 10.0. The van der Waals surface area contributed by atoms with Crippen LogP contribution in [0, 0.1) is 5.92 Å². The van der Waals surface area contributed by atoms with Crippen molar-refractivity contribution in [2.24, 2.45) is 5.92 Å². The Hall–Kier alpha value is -1.73. The van der Waals surface area contributed by atoms with Gasteiger partial charge in [-0.15, -0.1) is 0 Å². The van der Waals surface area contributed by atoms with Crippen molar-refractivity contribution in [2.45, 2.75) is 38.8 Å². The first-order chi connectivity index (χ1) is 10.8. The van der Waals surface area contributed by atoms with E-state index < -0.39 is 0 Å². The number of aliphatic hydroxyl groups excluding tert-OH is 1. The summed E-state index contributed by atoms with van der Waals surface area (Å²) in [7, 11) is 0. The molecule has 0 aromatic carbocycles. The molecule has 0 aliphatic carbocycles. The average molecular weight is 305 g/mol. The number of fused-ring (bicyclic) bond motifs is 1. The third-order valence-electron chi connectivity index (χ3n) is 4.26. The number of hydrogen-bond acceptors (Lipinski definition) is 6. The molecule has 0 saturated carbocycles. The van der Waals surface area contributed by atoms with E-state index in [0.29, 0.717) is 5.92 Å². The lowest BCUT2D eigenvalue weighted by Crippen LogP contribution is -2.13. The molecule has 2 atom stereocenters. The summed E-state index contributed by atoms with van der Waals surface area (Å²) in [6.07, 6.45) is 7.32. The molecule has 2 unspecified atom stereocenters. The van der Waals surface area contributed by atoms with Gasteiger partial charge in [0, 0.05) is 19.8 Å². The zero-order chi connectivity index (χ0) is 15.4. The van der Waals surface area contributed by atoms with Gasteiger partial charge in [-0.2, -0.15) is 0 Å². The highest BCUT2D eigenvalue weighted by Crippen LogP contribution is 2.27. The van der Waals surface area contributed by atoms with Crippen molar-refractivity contribution < 1.29 is 9.84 Å². The minimum atomic E-state index is 0.0339. The summed E-state index contributed by atoms with van der Waals surface area (Å²) in [4.78, 5) is 13.1. The monoisotopic (exact) mass is 305 g/mol. The van der Waals surface area contributed by atoms with Crippen LogP contribution in [0.4, 0.5) is 5.82 Å². The van der Waals surface area contributed by atoms with Gasteiger partial charge >= 0.3 is 0 Å². The Morgan fingerprint density at radius 1 is 1.45 bits per heavy atom. The number of aromatic nitrogens is 4. The lowest BCUT2D eigenvalue weighted by molar-refractivity contribution is 0.0593. The third-order valence-corrected chi connectivity index (χ3v) is 4.26. The fraction of sp³-hybridized carbons (Fsp3) is 0.667. The molecule has 0 spiro atoms. The van der Waals surface area contributed by atoms with Crippen LogP contribution < -0.4 is 5.32 Å². The molecule has 7 nitrogen and oxygen atoms in total. The van der Waals surface area contributed by atoms with Gasteiger partial charge in [-0.25, -0.2) is 15.0 Å². The van der Waals surface area contributed by atoms with Crippen molar-refractivity contribution in [2.75, 3.05) is 25.1 Å². The fourth-order valence-corrected chi connectivity index (χ4v) is 2.79. The van der Waals surface area contributed by atoms with Crippen LogP contribution >= 0.6 is 0 Å². The molecule has 3 rings (SSSR count). The van der Waals surface area contributed by atoms with E-state index in [0.717, 1.165) is 55.8 Å². The van der Waals surface area contributed by atoms with Crippen molar-refractivity contribution in [1.82, 2.24) is 19.5 Å². The van der Waals surface area contributed by atoms with Gasteiger partial charge in [-0.05, 0) is 25.2 Å². The predicted octanol–water partition coefficient (Wildman–Crippen LogP) is 1.96. The summed E-state index contributed by atoms with van der Waals surface area (Å²) in [5.74, 6) is 1.07. The summed E-state index contributed by atoms with van der Waals surface area (Å²) in [5.41, 5.74) is 1.58. The van der Waals surface area contributed by atoms with Crippen molar-refractivity contribution in [3.63, 3.8) is 0 Å². The van der Waals surface area contributed by atoms with Gasteiger partial charge in [0.15, 0.2) is 17.0 Å². The minimum absolute atomic E-state index is 0.0339. The first-order valence-corrected chi connectivity index (χ1v) is 7.97. The number of hydrogen-bond donors (Lipinski definition) is 2. The molecule has 1 aliphatic rings. The van der Waals surface area contributed by atoms with Crippen LogP contribution in [0.3, 0.4) is 0 Å². The lowest BCUT2D eigenvalue weighted by Gasteiger charge is -2.13. The Labute approximate surface area is 129 Å². The highest BCUT2D eigenvalue weighted by molar-refractivity contribution is 5.82. The Morgan fingerprint density at radius 2 is 2.36 bits per heavy atom. The number of nitrogens with one attached hydrogen (secondary N) is 1.